The standard InChI is InChI=1S/C18H17N7O2S/c1-11-9-16(25-24-11)22-17-14-7-2-3-8-15(14)21-18(23-17)20-12-5-4-6-13(10-12)28(19,26)27/h2-10H,1H3,(H2,19,26,27)(H3,20,21,22,23,24,25). The van der Waals surface area contributed by atoms with E-state index < -0.39 is 10.0 Å². The second kappa shape index (κ2) is 6.91. The first-order valence-electron chi connectivity index (χ1n) is 8.34. The average molecular weight is 395 g/mol. The zero-order valence-corrected chi connectivity index (χ0v) is 15.7. The van der Waals surface area contributed by atoms with Crippen molar-refractivity contribution in [2.45, 2.75) is 11.8 Å². The number of aryl methyl sites for hydroxylation is 1. The lowest BCUT2D eigenvalue weighted by molar-refractivity contribution is 0.598. The van der Waals surface area contributed by atoms with Gasteiger partial charge < -0.3 is 10.6 Å². The molecular weight excluding hydrogens is 378 g/mol. The lowest BCUT2D eigenvalue weighted by atomic mass is 10.2. The molecule has 0 aliphatic carbocycles. The van der Waals surface area contributed by atoms with Gasteiger partial charge in [-0.2, -0.15) is 10.1 Å². The van der Waals surface area contributed by atoms with Gasteiger partial charge in [0.2, 0.25) is 16.0 Å². The Hall–Kier alpha value is -3.50. The Morgan fingerprint density at radius 2 is 1.82 bits per heavy atom. The molecule has 2 heterocycles. The molecule has 0 fully saturated rings. The molecule has 4 rings (SSSR count). The molecule has 0 radical (unpaired) electrons. The molecule has 2 aromatic carbocycles. The van der Waals surface area contributed by atoms with Crippen LogP contribution < -0.4 is 15.8 Å². The number of benzene rings is 2. The maximum absolute atomic E-state index is 11.6. The third kappa shape index (κ3) is 3.77. The van der Waals surface area contributed by atoms with Gasteiger partial charge in [0.05, 0.1) is 10.4 Å². The number of rotatable bonds is 5. The van der Waals surface area contributed by atoms with Crippen LogP contribution in [0.25, 0.3) is 10.9 Å². The van der Waals surface area contributed by atoms with E-state index in [1.807, 2.05) is 37.3 Å². The molecule has 0 saturated carbocycles. The number of H-pyrrole nitrogens is 1. The van der Waals surface area contributed by atoms with E-state index in [9.17, 15) is 8.42 Å². The summed E-state index contributed by atoms with van der Waals surface area (Å²) in [6.45, 7) is 1.90. The first kappa shape index (κ1) is 17.9. The smallest absolute Gasteiger partial charge is 0.238 e. The van der Waals surface area contributed by atoms with Gasteiger partial charge in [-0.15, -0.1) is 0 Å². The fourth-order valence-electron chi connectivity index (χ4n) is 2.71. The highest BCUT2D eigenvalue weighted by Gasteiger charge is 2.11. The van der Waals surface area contributed by atoms with Gasteiger partial charge in [-0.3, -0.25) is 5.10 Å². The molecule has 0 saturated heterocycles. The van der Waals surface area contributed by atoms with Crippen molar-refractivity contribution < 1.29 is 8.42 Å². The number of hydrogen-bond donors (Lipinski definition) is 4. The first-order valence-corrected chi connectivity index (χ1v) is 9.89. The van der Waals surface area contributed by atoms with E-state index in [2.05, 4.69) is 30.8 Å². The topological polar surface area (TPSA) is 139 Å². The van der Waals surface area contributed by atoms with E-state index in [1.54, 1.807) is 12.1 Å². The van der Waals surface area contributed by atoms with Crippen molar-refractivity contribution in [2.24, 2.45) is 5.14 Å². The van der Waals surface area contributed by atoms with Gasteiger partial charge in [-0.1, -0.05) is 18.2 Å². The molecule has 9 nitrogen and oxygen atoms in total. The summed E-state index contributed by atoms with van der Waals surface area (Å²) in [5, 5.41) is 19.3. The highest BCUT2D eigenvalue weighted by atomic mass is 32.2. The van der Waals surface area contributed by atoms with E-state index in [-0.39, 0.29) is 4.90 Å². The summed E-state index contributed by atoms with van der Waals surface area (Å²) < 4.78 is 23.1. The molecule has 0 aliphatic heterocycles. The second-order valence-electron chi connectivity index (χ2n) is 6.17. The summed E-state index contributed by atoms with van der Waals surface area (Å²) in [4.78, 5) is 9.03. The molecule has 0 amide bonds. The van der Waals surface area contributed by atoms with Crippen molar-refractivity contribution in [3.8, 4) is 0 Å². The van der Waals surface area contributed by atoms with Crippen LogP contribution in [0.5, 0.6) is 0 Å². The van der Waals surface area contributed by atoms with Crippen LogP contribution in [0.15, 0.2) is 59.5 Å². The zero-order valence-electron chi connectivity index (χ0n) is 14.8. The maximum Gasteiger partial charge on any atom is 0.238 e. The van der Waals surface area contributed by atoms with Crippen LogP contribution in [0.4, 0.5) is 23.3 Å². The van der Waals surface area contributed by atoms with E-state index in [0.29, 0.717) is 23.3 Å². The van der Waals surface area contributed by atoms with Gasteiger partial charge in [0.25, 0.3) is 0 Å². The van der Waals surface area contributed by atoms with Gasteiger partial charge in [-0.25, -0.2) is 18.5 Å². The molecule has 0 atom stereocenters. The Labute approximate surface area is 161 Å². The summed E-state index contributed by atoms with van der Waals surface area (Å²) in [6.07, 6.45) is 0. The Kier molecular flexibility index (Phi) is 4.41. The van der Waals surface area contributed by atoms with E-state index in [1.165, 1.54) is 12.1 Å². The van der Waals surface area contributed by atoms with Crippen molar-refractivity contribution in [2.75, 3.05) is 10.6 Å². The highest BCUT2D eigenvalue weighted by Crippen LogP contribution is 2.26. The molecule has 5 N–H and O–H groups in total. The van der Waals surface area contributed by atoms with E-state index in [0.717, 1.165) is 16.6 Å². The average Bonchev–Trinajstić information content (AvgIpc) is 3.06. The number of hydrogen-bond acceptors (Lipinski definition) is 7. The Morgan fingerprint density at radius 1 is 1.00 bits per heavy atom. The fourth-order valence-corrected chi connectivity index (χ4v) is 3.27. The molecule has 28 heavy (non-hydrogen) atoms. The summed E-state index contributed by atoms with van der Waals surface area (Å²) in [7, 11) is -3.80. The van der Waals surface area contributed by atoms with Crippen LogP contribution in [0.3, 0.4) is 0 Å². The highest BCUT2D eigenvalue weighted by molar-refractivity contribution is 7.89. The number of para-hydroxylation sites is 1. The van der Waals surface area contributed by atoms with Gasteiger partial charge in [-0.05, 0) is 37.3 Å². The minimum Gasteiger partial charge on any atom is -0.324 e. The number of aromatic amines is 1. The minimum absolute atomic E-state index is 0.00337. The Morgan fingerprint density at radius 3 is 2.57 bits per heavy atom. The van der Waals surface area contributed by atoms with Gasteiger partial charge in [0.1, 0.15) is 5.82 Å². The van der Waals surface area contributed by atoms with Crippen molar-refractivity contribution in [3.05, 3.63) is 60.3 Å². The minimum atomic E-state index is -3.80. The SMILES string of the molecule is Cc1cc(Nc2nc(Nc3cccc(S(N)(=O)=O)c3)nc3ccccc23)n[nH]1. The summed E-state index contributed by atoms with van der Waals surface area (Å²) in [5.41, 5.74) is 2.14. The third-order valence-corrected chi connectivity index (χ3v) is 4.89. The molecule has 0 aliphatic rings. The Bertz CT molecular complexity index is 1270. The molecule has 142 valence electrons. The third-order valence-electron chi connectivity index (χ3n) is 3.97. The number of nitrogens with two attached hydrogens (primary N) is 1. The largest absolute Gasteiger partial charge is 0.324 e. The number of sulfonamides is 1. The van der Waals surface area contributed by atoms with Crippen LogP contribution in [0, 0.1) is 6.92 Å². The number of aromatic nitrogens is 4. The fraction of sp³-hybridized carbons (Fsp3) is 0.0556. The summed E-state index contributed by atoms with van der Waals surface area (Å²) in [6, 6.07) is 15.6. The van der Waals surface area contributed by atoms with Crippen molar-refractivity contribution in [3.63, 3.8) is 0 Å². The number of fused-ring (bicyclic) bond motifs is 1. The quantitative estimate of drug-likeness (QED) is 0.407. The number of nitrogens with zero attached hydrogens (tertiary/aromatic N) is 3. The number of anilines is 4. The lowest BCUT2D eigenvalue weighted by Crippen LogP contribution is -2.12. The summed E-state index contributed by atoms with van der Waals surface area (Å²) >= 11 is 0. The number of primary sulfonamides is 1. The normalized spacial score (nSPS) is 11.5. The predicted molar refractivity (Wildman–Crippen MR) is 107 cm³/mol. The molecular formula is C18H17N7O2S. The second-order valence-corrected chi connectivity index (χ2v) is 7.73. The molecule has 2 aromatic heterocycles. The molecule has 4 aromatic rings. The van der Waals surface area contributed by atoms with Crippen molar-refractivity contribution >= 4 is 44.2 Å². The molecule has 0 bridgehead atoms. The predicted octanol–water partition coefficient (Wildman–Crippen LogP) is 2.80. The van der Waals surface area contributed by atoms with Gasteiger partial charge in [0.15, 0.2) is 5.82 Å². The Balaban J connectivity index is 1.74. The van der Waals surface area contributed by atoms with Gasteiger partial charge in [0, 0.05) is 22.8 Å². The van der Waals surface area contributed by atoms with Crippen LogP contribution in [-0.2, 0) is 10.0 Å². The van der Waals surface area contributed by atoms with Crippen LogP contribution in [-0.4, -0.2) is 28.6 Å². The monoisotopic (exact) mass is 395 g/mol. The summed E-state index contributed by atoms with van der Waals surface area (Å²) in [5.74, 6) is 1.51. The molecule has 10 heteroatoms. The van der Waals surface area contributed by atoms with Crippen molar-refractivity contribution in [1.82, 2.24) is 20.2 Å². The number of nitrogens with one attached hydrogen (secondary N) is 3. The van der Waals surface area contributed by atoms with Crippen LogP contribution in [0.2, 0.25) is 0 Å². The maximum atomic E-state index is 11.6. The van der Waals surface area contributed by atoms with E-state index >= 15 is 0 Å². The van der Waals surface area contributed by atoms with Crippen LogP contribution >= 0.6 is 0 Å². The first-order chi connectivity index (χ1) is 13.4. The lowest BCUT2D eigenvalue weighted by Gasteiger charge is -2.11. The molecule has 0 unspecified atom stereocenters. The zero-order chi connectivity index (χ0) is 19.7. The van der Waals surface area contributed by atoms with Crippen molar-refractivity contribution in [1.29, 1.82) is 0 Å². The van der Waals surface area contributed by atoms with Gasteiger partial charge >= 0.3 is 0 Å². The van der Waals surface area contributed by atoms with Crippen LogP contribution in [0.1, 0.15) is 5.69 Å². The van der Waals surface area contributed by atoms with E-state index in [4.69, 9.17) is 5.14 Å². The molecule has 0 spiro atoms.